The number of carbonyl (C=O) groups excluding carboxylic acids is 1. The van der Waals surface area contributed by atoms with Crippen LogP contribution in [0.5, 0.6) is 0 Å². The van der Waals surface area contributed by atoms with Gasteiger partial charge in [-0.05, 0) is 11.4 Å². The normalized spacial score (nSPS) is 10.1. The summed E-state index contributed by atoms with van der Waals surface area (Å²) in [6, 6.07) is 9.57. The predicted octanol–water partition coefficient (Wildman–Crippen LogP) is 3.08. The quantitative estimate of drug-likeness (QED) is 0.474. The van der Waals surface area contributed by atoms with E-state index in [2.05, 4.69) is 0 Å². The highest BCUT2D eigenvalue weighted by atomic mass is 32.1. The largest absolute Gasteiger partial charge is 0.294 e. The van der Waals surface area contributed by atoms with Crippen LogP contribution in [0.2, 0.25) is 0 Å². The maximum Gasteiger partial charge on any atom is 0.270 e. The Morgan fingerprint density at radius 2 is 2.12 bits per heavy atom. The summed E-state index contributed by atoms with van der Waals surface area (Å²) in [6.45, 7) is 0. The molecule has 2 rings (SSSR count). The number of nitro groups is 1. The van der Waals surface area contributed by atoms with E-state index in [9.17, 15) is 14.9 Å². The number of ketones is 1. The summed E-state index contributed by atoms with van der Waals surface area (Å²) < 4.78 is 0. The third-order valence-corrected chi connectivity index (χ3v) is 3.17. The van der Waals surface area contributed by atoms with E-state index in [0.717, 1.165) is 4.88 Å². The zero-order chi connectivity index (χ0) is 12.3. The second-order valence-corrected chi connectivity index (χ2v) is 4.52. The molecule has 0 aliphatic heterocycles. The van der Waals surface area contributed by atoms with Crippen LogP contribution in [0.1, 0.15) is 15.2 Å². The number of benzene rings is 1. The SMILES string of the molecule is O=C(Cc1cccs1)c1cccc([N+](=O)[O-])c1. The Morgan fingerprint density at radius 3 is 2.76 bits per heavy atom. The van der Waals surface area contributed by atoms with Gasteiger partial charge in [0.2, 0.25) is 0 Å². The third-order valence-electron chi connectivity index (χ3n) is 2.29. The first-order valence-corrected chi connectivity index (χ1v) is 5.85. The molecule has 0 radical (unpaired) electrons. The van der Waals surface area contributed by atoms with Gasteiger partial charge in [-0.3, -0.25) is 14.9 Å². The van der Waals surface area contributed by atoms with Gasteiger partial charge >= 0.3 is 0 Å². The Labute approximate surface area is 102 Å². The number of thiophene rings is 1. The van der Waals surface area contributed by atoms with Gasteiger partial charge in [0.05, 0.1) is 4.92 Å². The molecule has 0 saturated heterocycles. The number of carbonyl (C=O) groups is 1. The minimum atomic E-state index is -0.498. The molecule has 4 nitrogen and oxygen atoms in total. The topological polar surface area (TPSA) is 60.2 Å². The van der Waals surface area contributed by atoms with Gasteiger partial charge in [0.25, 0.3) is 5.69 Å². The lowest BCUT2D eigenvalue weighted by Gasteiger charge is -1.99. The van der Waals surface area contributed by atoms with Crippen molar-refractivity contribution in [2.24, 2.45) is 0 Å². The molecule has 0 unspecified atom stereocenters. The fourth-order valence-electron chi connectivity index (χ4n) is 1.47. The van der Waals surface area contributed by atoms with Crippen molar-refractivity contribution in [3.05, 3.63) is 62.3 Å². The second kappa shape index (κ2) is 4.88. The third kappa shape index (κ3) is 2.76. The number of non-ortho nitro benzene ring substituents is 1. The lowest BCUT2D eigenvalue weighted by Crippen LogP contribution is -2.02. The van der Waals surface area contributed by atoms with E-state index in [-0.39, 0.29) is 11.5 Å². The van der Waals surface area contributed by atoms with Crippen LogP contribution in [0.15, 0.2) is 41.8 Å². The van der Waals surface area contributed by atoms with Crippen LogP contribution >= 0.6 is 11.3 Å². The predicted molar refractivity (Wildman–Crippen MR) is 65.4 cm³/mol. The van der Waals surface area contributed by atoms with Crippen LogP contribution in [-0.2, 0) is 6.42 Å². The average molecular weight is 247 g/mol. The maximum atomic E-state index is 11.9. The van der Waals surface area contributed by atoms with Crippen molar-refractivity contribution in [3.8, 4) is 0 Å². The highest BCUT2D eigenvalue weighted by Gasteiger charge is 2.12. The number of nitro benzene ring substituents is 1. The number of hydrogen-bond donors (Lipinski definition) is 0. The molecule has 0 aliphatic rings. The standard InChI is InChI=1S/C12H9NO3S/c14-12(8-11-5-2-6-17-11)9-3-1-4-10(7-9)13(15)16/h1-7H,8H2. The van der Waals surface area contributed by atoms with Crippen LogP contribution in [0.4, 0.5) is 5.69 Å². The molecule has 0 spiro atoms. The molecule has 0 N–H and O–H groups in total. The highest BCUT2D eigenvalue weighted by molar-refractivity contribution is 7.10. The van der Waals surface area contributed by atoms with Gasteiger partial charge in [-0.1, -0.05) is 18.2 Å². The van der Waals surface area contributed by atoms with Crippen molar-refractivity contribution in [1.29, 1.82) is 0 Å². The Bertz CT molecular complexity index is 549. The molecule has 1 aromatic heterocycles. The van der Waals surface area contributed by atoms with E-state index in [4.69, 9.17) is 0 Å². The van der Waals surface area contributed by atoms with Gasteiger partial charge in [0.1, 0.15) is 0 Å². The van der Waals surface area contributed by atoms with Gasteiger partial charge in [0, 0.05) is 29.0 Å². The lowest BCUT2D eigenvalue weighted by molar-refractivity contribution is -0.384. The summed E-state index contributed by atoms with van der Waals surface area (Å²) in [5.74, 6) is -0.101. The van der Waals surface area contributed by atoms with Crippen molar-refractivity contribution < 1.29 is 9.72 Å². The van der Waals surface area contributed by atoms with Crippen molar-refractivity contribution >= 4 is 22.8 Å². The Morgan fingerprint density at radius 1 is 1.29 bits per heavy atom. The number of rotatable bonds is 4. The van der Waals surface area contributed by atoms with Gasteiger partial charge in [0.15, 0.2) is 5.78 Å². The van der Waals surface area contributed by atoms with E-state index >= 15 is 0 Å². The molecule has 0 bridgehead atoms. The summed E-state index contributed by atoms with van der Waals surface area (Å²) in [6.07, 6.45) is 0.291. The van der Waals surface area contributed by atoms with Gasteiger partial charge in [-0.25, -0.2) is 0 Å². The van der Waals surface area contributed by atoms with Crippen LogP contribution in [0.25, 0.3) is 0 Å². The molecular formula is C12H9NO3S. The van der Waals surface area contributed by atoms with Gasteiger partial charge < -0.3 is 0 Å². The smallest absolute Gasteiger partial charge is 0.270 e. The van der Waals surface area contributed by atoms with Crippen molar-refractivity contribution in [3.63, 3.8) is 0 Å². The van der Waals surface area contributed by atoms with Gasteiger partial charge in [-0.2, -0.15) is 0 Å². The Kier molecular flexibility index (Phi) is 3.30. The zero-order valence-electron chi connectivity index (χ0n) is 8.83. The fraction of sp³-hybridized carbons (Fsp3) is 0.0833. The summed E-state index contributed by atoms with van der Waals surface area (Å²) in [5, 5.41) is 12.5. The number of nitrogens with zero attached hydrogens (tertiary/aromatic N) is 1. The van der Waals surface area contributed by atoms with Crippen molar-refractivity contribution in [1.82, 2.24) is 0 Å². The Balaban J connectivity index is 2.19. The molecule has 1 aromatic carbocycles. The molecule has 2 aromatic rings. The van der Waals surface area contributed by atoms with Crippen molar-refractivity contribution in [2.75, 3.05) is 0 Å². The average Bonchev–Trinajstić information content (AvgIpc) is 2.82. The van der Waals surface area contributed by atoms with Crippen molar-refractivity contribution in [2.45, 2.75) is 6.42 Å². The van der Waals surface area contributed by atoms with E-state index in [1.165, 1.54) is 29.5 Å². The summed E-state index contributed by atoms with van der Waals surface area (Å²) in [4.78, 5) is 22.9. The first kappa shape index (κ1) is 11.5. The van der Waals surface area contributed by atoms with E-state index in [1.807, 2.05) is 17.5 Å². The first-order valence-electron chi connectivity index (χ1n) is 4.97. The van der Waals surface area contributed by atoms with E-state index in [1.54, 1.807) is 6.07 Å². The van der Waals surface area contributed by atoms with Crippen LogP contribution < -0.4 is 0 Å². The van der Waals surface area contributed by atoms with Crippen LogP contribution in [0.3, 0.4) is 0 Å². The molecule has 17 heavy (non-hydrogen) atoms. The molecule has 0 saturated carbocycles. The zero-order valence-corrected chi connectivity index (χ0v) is 9.65. The van der Waals surface area contributed by atoms with Crippen LogP contribution in [0, 0.1) is 10.1 Å². The number of hydrogen-bond acceptors (Lipinski definition) is 4. The first-order chi connectivity index (χ1) is 8.16. The molecule has 0 fully saturated rings. The molecule has 1 heterocycles. The number of Topliss-reactive ketones (excluding diaryl/α,β-unsaturated/α-hetero) is 1. The fourth-order valence-corrected chi connectivity index (χ4v) is 2.17. The van der Waals surface area contributed by atoms with E-state index < -0.39 is 4.92 Å². The lowest BCUT2D eigenvalue weighted by atomic mass is 10.1. The van der Waals surface area contributed by atoms with Crippen LogP contribution in [-0.4, -0.2) is 10.7 Å². The maximum absolute atomic E-state index is 11.9. The molecule has 5 heteroatoms. The Hall–Kier alpha value is -2.01. The minimum Gasteiger partial charge on any atom is -0.294 e. The molecule has 0 atom stereocenters. The molecular weight excluding hydrogens is 238 g/mol. The second-order valence-electron chi connectivity index (χ2n) is 3.49. The molecule has 0 amide bonds. The molecule has 0 aliphatic carbocycles. The van der Waals surface area contributed by atoms with E-state index in [0.29, 0.717) is 12.0 Å². The minimum absolute atomic E-state index is 0.0537. The summed E-state index contributed by atoms with van der Waals surface area (Å²) in [7, 11) is 0. The highest BCUT2D eigenvalue weighted by Crippen LogP contribution is 2.17. The monoisotopic (exact) mass is 247 g/mol. The van der Waals surface area contributed by atoms with Gasteiger partial charge in [-0.15, -0.1) is 11.3 Å². The molecule has 86 valence electrons. The summed E-state index contributed by atoms with van der Waals surface area (Å²) >= 11 is 1.50. The summed E-state index contributed by atoms with van der Waals surface area (Å²) in [5.41, 5.74) is 0.328.